The predicted octanol–water partition coefficient (Wildman–Crippen LogP) is 5.67. The monoisotopic (exact) mass is 398 g/mol. The molecule has 0 aliphatic rings. The second kappa shape index (κ2) is 8.59. The van der Waals surface area contributed by atoms with Crippen molar-refractivity contribution in [2.75, 3.05) is 5.43 Å². The maximum Gasteiger partial charge on any atom is 0.416 e. The largest absolute Gasteiger partial charge is 0.416 e. The number of alkyl halides is 3. The molecule has 0 aliphatic carbocycles. The van der Waals surface area contributed by atoms with Gasteiger partial charge in [0.1, 0.15) is 5.82 Å². The van der Waals surface area contributed by atoms with E-state index in [9.17, 15) is 13.2 Å². The van der Waals surface area contributed by atoms with Gasteiger partial charge < -0.3 is 0 Å². The van der Waals surface area contributed by atoms with E-state index in [1.165, 1.54) is 12.1 Å². The van der Waals surface area contributed by atoms with E-state index >= 15 is 0 Å². The van der Waals surface area contributed by atoms with Crippen LogP contribution >= 0.6 is 0 Å². The Morgan fingerprint density at radius 3 is 2.24 bits per heavy atom. The topological polar surface area (TPSA) is 74.9 Å². The molecule has 0 spiro atoms. The van der Waals surface area contributed by atoms with E-state index in [0.29, 0.717) is 22.9 Å². The zero-order valence-electron chi connectivity index (χ0n) is 15.6. The zero-order chi connectivity index (χ0) is 20.9. The normalized spacial score (nSPS) is 12.4. The zero-order valence-corrected chi connectivity index (χ0v) is 15.6. The third-order valence-electron chi connectivity index (χ3n) is 3.73. The molecule has 6 nitrogen and oxygen atoms in total. The third-order valence-corrected chi connectivity index (χ3v) is 3.73. The highest BCUT2D eigenvalue weighted by Gasteiger charge is 2.30. The molecule has 0 atom stereocenters. The average molecular weight is 398 g/mol. The van der Waals surface area contributed by atoms with Crippen molar-refractivity contribution in [1.29, 1.82) is 0 Å². The Bertz CT molecular complexity index is 1010. The highest BCUT2D eigenvalue weighted by atomic mass is 19.4. The maximum absolute atomic E-state index is 12.8. The average Bonchev–Trinajstić information content (AvgIpc) is 2.67. The fourth-order valence-corrected chi connectivity index (χ4v) is 2.43. The molecule has 2 aromatic carbocycles. The van der Waals surface area contributed by atoms with Gasteiger partial charge in [-0.1, -0.05) is 30.3 Å². The molecular formula is C20H17F3N6. The predicted molar refractivity (Wildman–Crippen MR) is 104 cm³/mol. The quantitative estimate of drug-likeness (QED) is 0.266. The minimum atomic E-state index is -4.42. The van der Waals surface area contributed by atoms with Gasteiger partial charge in [0.25, 0.3) is 0 Å². The van der Waals surface area contributed by atoms with Crippen molar-refractivity contribution >= 4 is 17.3 Å². The molecular weight excluding hydrogens is 381 g/mol. The number of benzene rings is 2. The van der Waals surface area contributed by atoms with Gasteiger partial charge in [0.2, 0.25) is 5.84 Å². The van der Waals surface area contributed by atoms with Crippen LogP contribution in [0.4, 0.5) is 24.7 Å². The van der Waals surface area contributed by atoms with Crippen LogP contribution in [0.3, 0.4) is 0 Å². The molecule has 9 heteroatoms. The first-order valence-electron chi connectivity index (χ1n) is 8.62. The van der Waals surface area contributed by atoms with E-state index in [0.717, 1.165) is 17.8 Å². The Kier molecular flexibility index (Phi) is 5.96. The first kappa shape index (κ1) is 20.1. The van der Waals surface area contributed by atoms with E-state index in [1.54, 1.807) is 32.0 Å². The number of para-hydroxylation sites is 1. The van der Waals surface area contributed by atoms with Crippen molar-refractivity contribution < 1.29 is 13.2 Å². The number of hydrogen-bond acceptors (Lipinski definition) is 5. The maximum atomic E-state index is 12.8. The van der Waals surface area contributed by atoms with E-state index < -0.39 is 11.7 Å². The number of rotatable bonds is 4. The van der Waals surface area contributed by atoms with Crippen LogP contribution in [0.15, 0.2) is 76.0 Å². The molecule has 0 saturated carbocycles. The number of halogens is 3. The lowest BCUT2D eigenvalue weighted by Crippen LogP contribution is -2.06. The molecule has 29 heavy (non-hydrogen) atoms. The lowest BCUT2D eigenvalue weighted by Gasteiger charge is -2.07. The van der Waals surface area contributed by atoms with E-state index in [4.69, 9.17) is 0 Å². The Labute approximate surface area is 165 Å². The Hall–Kier alpha value is -3.62. The van der Waals surface area contributed by atoms with Crippen LogP contribution in [0.1, 0.15) is 22.6 Å². The van der Waals surface area contributed by atoms with Crippen molar-refractivity contribution in [2.24, 2.45) is 15.3 Å². The van der Waals surface area contributed by atoms with Crippen LogP contribution in [0.5, 0.6) is 0 Å². The number of nitrogens with one attached hydrogen (secondary N) is 1. The van der Waals surface area contributed by atoms with Crippen molar-refractivity contribution in [3.8, 4) is 0 Å². The number of aryl methyl sites for hydroxylation is 2. The van der Waals surface area contributed by atoms with Crippen LogP contribution in [0.25, 0.3) is 0 Å². The molecule has 1 heterocycles. The van der Waals surface area contributed by atoms with Crippen LogP contribution < -0.4 is 5.43 Å². The Balaban J connectivity index is 1.93. The molecule has 0 amide bonds. The molecule has 0 aliphatic heterocycles. The van der Waals surface area contributed by atoms with Crippen LogP contribution in [0, 0.1) is 13.8 Å². The second-order valence-electron chi connectivity index (χ2n) is 6.10. The molecule has 0 radical (unpaired) electrons. The summed E-state index contributed by atoms with van der Waals surface area (Å²) >= 11 is 0. The number of anilines is 1. The van der Waals surface area contributed by atoms with Crippen LogP contribution in [-0.4, -0.2) is 15.8 Å². The molecule has 0 unspecified atom stereocenters. The standard InChI is InChI=1S/C20H17F3N6/c1-13-12-18(25-14(2)24-13)27-29-19(28-26-17-6-4-3-5-7-17)15-8-10-16(11-9-15)20(21,22)23/h3-12,26H,1-2H3. The van der Waals surface area contributed by atoms with Crippen molar-refractivity contribution in [3.05, 3.63) is 83.3 Å². The van der Waals surface area contributed by atoms with E-state index in [2.05, 4.69) is 30.7 Å². The summed E-state index contributed by atoms with van der Waals surface area (Å²) in [7, 11) is 0. The minimum Gasteiger partial charge on any atom is -0.276 e. The van der Waals surface area contributed by atoms with E-state index in [-0.39, 0.29) is 5.84 Å². The Morgan fingerprint density at radius 1 is 0.931 bits per heavy atom. The Morgan fingerprint density at radius 2 is 1.62 bits per heavy atom. The van der Waals surface area contributed by atoms with Gasteiger partial charge in [0.15, 0.2) is 5.82 Å². The smallest absolute Gasteiger partial charge is 0.276 e. The van der Waals surface area contributed by atoms with Gasteiger partial charge in [-0.15, -0.1) is 10.2 Å². The fourth-order valence-electron chi connectivity index (χ4n) is 2.43. The molecule has 0 saturated heterocycles. The number of amidine groups is 1. The van der Waals surface area contributed by atoms with Crippen LogP contribution in [-0.2, 0) is 6.18 Å². The molecule has 1 N–H and O–H groups in total. The summed E-state index contributed by atoms with van der Waals surface area (Å²) in [6, 6.07) is 15.3. The van der Waals surface area contributed by atoms with Crippen molar-refractivity contribution in [3.63, 3.8) is 0 Å². The number of azo groups is 1. The molecule has 3 rings (SSSR count). The summed E-state index contributed by atoms with van der Waals surface area (Å²) in [5, 5.41) is 12.4. The number of nitrogens with zero attached hydrogens (tertiary/aromatic N) is 5. The first-order valence-corrected chi connectivity index (χ1v) is 8.62. The van der Waals surface area contributed by atoms with Gasteiger partial charge in [-0.05, 0) is 38.1 Å². The second-order valence-corrected chi connectivity index (χ2v) is 6.10. The summed E-state index contributed by atoms with van der Waals surface area (Å²) in [6.07, 6.45) is -4.42. The van der Waals surface area contributed by atoms with Crippen LogP contribution in [0.2, 0.25) is 0 Å². The fraction of sp³-hybridized carbons (Fsp3) is 0.150. The van der Waals surface area contributed by atoms with Gasteiger partial charge in [0.05, 0.1) is 11.3 Å². The number of aromatic nitrogens is 2. The van der Waals surface area contributed by atoms with Crippen molar-refractivity contribution in [1.82, 2.24) is 9.97 Å². The van der Waals surface area contributed by atoms with Crippen molar-refractivity contribution in [2.45, 2.75) is 20.0 Å². The molecule has 148 valence electrons. The van der Waals surface area contributed by atoms with E-state index in [1.807, 2.05) is 18.2 Å². The molecule has 1 aromatic heterocycles. The van der Waals surface area contributed by atoms with Gasteiger partial charge in [-0.3, -0.25) is 5.43 Å². The summed E-state index contributed by atoms with van der Waals surface area (Å²) in [5.41, 5.74) is 3.86. The highest BCUT2D eigenvalue weighted by molar-refractivity contribution is 5.99. The summed E-state index contributed by atoms with van der Waals surface area (Å²) in [6.45, 7) is 3.53. The number of hydrogen-bond donors (Lipinski definition) is 1. The summed E-state index contributed by atoms with van der Waals surface area (Å²) in [5.74, 6) is 0.972. The lowest BCUT2D eigenvalue weighted by atomic mass is 10.1. The molecule has 0 fully saturated rings. The van der Waals surface area contributed by atoms with Gasteiger partial charge in [-0.25, -0.2) is 9.97 Å². The summed E-state index contributed by atoms with van der Waals surface area (Å²) in [4.78, 5) is 8.33. The molecule has 3 aromatic rings. The van der Waals surface area contributed by atoms with Gasteiger partial charge in [0, 0.05) is 17.3 Å². The summed E-state index contributed by atoms with van der Waals surface area (Å²) < 4.78 is 38.5. The van der Waals surface area contributed by atoms with Gasteiger partial charge >= 0.3 is 6.18 Å². The van der Waals surface area contributed by atoms with Gasteiger partial charge in [-0.2, -0.15) is 18.3 Å². The highest BCUT2D eigenvalue weighted by Crippen LogP contribution is 2.29. The lowest BCUT2D eigenvalue weighted by molar-refractivity contribution is -0.137. The number of hydrazone groups is 1. The first-order chi connectivity index (χ1) is 13.8. The SMILES string of the molecule is Cc1cc(N=NC(=NNc2ccccc2)c2ccc(C(F)(F)F)cc2)nc(C)n1. The molecule has 0 bridgehead atoms. The minimum absolute atomic E-state index is 0.108. The third kappa shape index (κ3) is 5.68.